The summed E-state index contributed by atoms with van der Waals surface area (Å²) in [6, 6.07) is 2.11. The Hall–Kier alpha value is -0.870. The van der Waals surface area contributed by atoms with E-state index in [4.69, 9.17) is 0 Å². The quantitative estimate of drug-likeness (QED) is 0.768. The first-order valence-corrected chi connectivity index (χ1v) is 6.12. The fourth-order valence-electron chi connectivity index (χ4n) is 1.28. The zero-order valence-corrected chi connectivity index (χ0v) is 10.1. The van der Waals surface area contributed by atoms with E-state index >= 15 is 0 Å². The standard InChI is InChI=1S/C11H18N2OS/c1-3-12-8-11(14)13-6-4-10-9(2)5-7-15-10/h5,7,12H,3-4,6,8H2,1-2H3,(H,13,14). The van der Waals surface area contributed by atoms with Gasteiger partial charge in [0.2, 0.25) is 5.91 Å². The highest BCUT2D eigenvalue weighted by Crippen LogP contribution is 2.15. The van der Waals surface area contributed by atoms with Gasteiger partial charge in [-0.15, -0.1) is 11.3 Å². The summed E-state index contributed by atoms with van der Waals surface area (Å²) in [6.45, 7) is 6.07. The first-order valence-electron chi connectivity index (χ1n) is 5.24. The van der Waals surface area contributed by atoms with Crippen molar-refractivity contribution in [3.63, 3.8) is 0 Å². The fraction of sp³-hybridized carbons (Fsp3) is 0.545. The molecule has 0 aliphatic heterocycles. The van der Waals surface area contributed by atoms with Crippen molar-refractivity contribution < 1.29 is 4.79 Å². The van der Waals surface area contributed by atoms with Crippen LogP contribution in [0.15, 0.2) is 11.4 Å². The van der Waals surface area contributed by atoms with Crippen molar-refractivity contribution in [1.82, 2.24) is 10.6 Å². The van der Waals surface area contributed by atoms with Crippen LogP contribution in [-0.2, 0) is 11.2 Å². The van der Waals surface area contributed by atoms with Crippen molar-refractivity contribution in [1.29, 1.82) is 0 Å². The van der Waals surface area contributed by atoms with Crippen molar-refractivity contribution in [2.24, 2.45) is 0 Å². The van der Waals surface area contributed by atoms with Crippen LogP contribution >= 0.6 is 11.3 Å². The Labute approximate surface area is 94.9 Å². The minimum absolute atomic E-state index is 0.0751. The van der Waals surface area contributed by atoms with Crippen molar-refractivity contribution in [3.05, 3.63) is 21.9 Å². The van der Waals surface area contributed by atoms with Crippen LogP contribution in [0.5, 0.6) is 0 Å². The van der Waals surface area contributed by atoms with Gasteiger partial charge < -0.3 is 10.6 Å². The Bertz CT molecular complexity index is 309. The molecule has 4 heteroatoms. The molecule has 0 aliphatic carbocycles. The Balaban J connectivity index is 2.16. The topological polar surface area (TPSA) is 41.1 Å². The molecule has 1 aromatic rings. The van der Waals surface area contributed by atoms with Gasteiger partial charge in [-0.05, 0) is 36.9 Å². The van der Waals surface area contributed by atoms with Crippen LogP contribution in [0, 0.1) is 6.92 Å². The van der Waals surface area contributed by atoms with Crippen LogP contribution in [0.2, 0.25) is 0 Å². The summed E-state index contributed by atoms with van der Waals surface area (Å²) in [5, 5.41) is 7.97. The molecule has 84 valence electrons. The smallest absolute Gasteiger partial charge is 0.233 e. The zero-order chi connectivity index (χ0) is 11.1. The normalized spacial score (nSPS) is 10.3. The predicted molar refractivity (Wildman–Crippen MR) is 64.3 cm³/mol. The Morgan fingerprint density at radius 1 is 1.53 bits per heavy atom. The second-order valence-electron chi connectivity index (χ2n) is 3.41. The number of nitrogens with one attached hydrogen (secondary N) is 2. The van der Waals surface area contributed by atoms with Crippen LogP contribution in [0.1, 0.15) is 17.4 Å². The van der Waals surface area contributed by atoms with E-state index in [2.05, 4.69) is 29.0 Å². The lowest BCUT2D eigenvalue weighted by Gasteiger charge is -2.04. The molecule has 3 nitrogen and oxygen atoms in total. The van der Waals surface area contributed by atoms with Crippen LogP contribution in [0.4, 0.5) is 0 Å². The summed E-state index contributed by atoms with van der Waals surface area (Å²) in [5.74, 6) is 0.0751. The molecule has 15 heavy (non-hydrogen) atoms. The Morgan fingerprint density at radius 2 is 2.33 bits per heavy atom. The molecular formula is C11H18N2OS. The van der Waals surface area contributed by atoms with E-state index in [9.17, 15) is 4.79 Å². The summed E-state index contributed by atoms with van der Waals surface area (Å²) in [6.07, 6.45) is 0.932. The van der Waals surface area contributed by atoms with Crippen LogP contribution in [-0.4, -0.2) is 25.5 Å². The van der Waals surface area contributed by atoms with Crippen LogP contribution < -0.4 is 10.6 Å². The third kappa shape index (κ3) is 4.44. The van der Waals surface area contributed by atoms with Gasteiger partial charge in [0.25, 0.3) is 0 Å². The largest absolute Gasteiger partial charge is 0.355 e. The maximum atomic E-state index is 11.2. The van der Waals surface area contributed by atoms with Gasteiger partial charge in [-0.3, -0.25) is 4.79 Å². The lowest BCUT2D eigenvalue weighted by atomic mass is 10.2. The molecule has 0 fully saturated rings. The van der Waals surface area contributed by atoms with Crippen LogP contribution in [0.25, 0.3) is 0 Å². The van der Waals surface area contributed by atoms with E-state index in [1.54, 1.807) is 11.3 Å². The third-order valence-electron chi connectivity index (χ3n) is 2.18. The van der Waals surface area contributed by atoms with Gasteiger partial charge >= 0.3 is 0 Å². The molecule has 0 bridgehead atoms. The number of rotatable bonds is 6. The van der Waals surface area contributed by atoms with Gasteiger partial charge in [0.05, 0.1) is 6.54 Å². The third-order valence-corrected chi connectivity index (χ3v) is 3.26. The van der Waals surface area contributed by atoms with E-state index in [1.807, 2.05) is 6.92 Å². The van der Waals surface area contributed by atoms with Gasteiger partial charge in [-0.25, -0.2) is 0 Å². The minimum Gasteiger partial charge on any atom is -0.355 e. The number of carbonyl (C=O) groups excluding carboxylic acids is 1. The van der Waals surface area contributed by atoms with Crippen LogP contribution in [0.3, 0.4) is 0 Å². The van der Waals surface area contributed by atoms with Gasteiger partial charge in [-0.2, -0.15) is 0 Å². The molecule has 1 amide bonds. The lowest BCUT2D eigenvalue weighted by Crippen LogP contribution is -2.34. The molecular weight excluding hydrogens is 208 g/mol. The number of aryl methyl sites for hydroxylation is 1. The summed E-state index contributed by atoms with van der Waals surface area (Å²) in [5.41, 5.74) is 1.32. The predicted octanol–water partition coefficient (Wildman–Crippen LogP) is 1.32. The second-order valence-corrected chi connectivity index (χ2v) is 4.41. The highest BCUT2D eigenvalue weighted by molar-refractivity contribution is 7.10. The van der Waals surface area contributed by atoms with E-state index < -0.39 is 0 Å². The number of thiophene rings is 1. The first-order chi connectivity index (χ1) is 7.24. The van der Waals surface area contributed by atoms with Crippen molar-refractivity contribution in [3.8, 4) is 0 Å². The highest BCUT2D eigenvalue weighted by atomic mass is 32.1. The Kier molecular flexibility index (Phi) is 5.36. The van der Waals surface area contributed by atoms with Gasteiger partial charge in [0, 0.05) is 11.4 Å². The SMILES string of the molecule is CCNCC(=O)NCCc1sccc1C. The van der Waals surface area contributed by atoms with Crippen molar-refractivity contribution in [2.45, 2.75) is 20.3 Å². The van der Waals surface area contributed by atoms with Crippen molar-refractivity contribution >= 4 is 17.2 Å². The van der Waals surface area contributed by atoms with Gasteiger partial charge in [0.1, 0.15) is 0 Å². The molecule has 1 aromatic heterocycles. The average molecular weight is 226 g/mol. The average Bonchev–Trinajstić information content (AvgIpc) is 2.61. The molecule has 0 spiro atoms. The number of likely N-dealkylation sites (N-methyl/N-ethyl adjacent to an activating group) is 1. The lowest BCUT2D eigenvalue weighted by molar-refractivity contribution is -0.120. The van der Waals surface area contributed by atoms with Gasteiger partial charge in [-0.1, -0.05) is 6.92 Å². The fourth-order valence-corrected chi connectivity index (χ4v) is 2.19. The number of hydrogen-bond acceptors (Lipinski definition) is 3. The molecule has 2 N–H and O–H groups in total. The maximum absolute atomic E-state index is 11.2. The molecule has 0 atom stereocenters. The minimum atomic E-state index is 0.0751. The Morgan fingerprint density at radius 3 is 2.93 bits per heavy atom. The van der Waals surface area contributed by atoms with E-state index in [1.165, 1.54) is 10.4 Å². The van der Waals surface area contributed by atoms with E-state index in [0.29, 0.717) is 6.54 Å². The molecule has 1 heterocycles. The molecule has 1 rings (SSSR count). The van der Waals surface area contributed by atoms with Gasteiger partial charge in [0.15, 0.2) is 0 Å². The molecule has 0 radical (unpaired) electrons. The summed E-state index contributed by atoms with van der Waals surface area (Å²) in [4.78, 5) is 12.6. The second kappa shape index (κ2) is 6.58. The molecule has 0 saturated heterocycles. The van der Waals surface area contributed by atoms with E-state index in [0.717, 1.165) is 19.5 Å². The molecule has 0 unspecified atom stereocenters. The number of amides is 1. The molecule has 0 aliphatic rings. The highest BCUT2D eigenvalue weighted by Gasteiger charge is 2.01. The summed E-state index contributed by atoms with van der Waals surface area (Å²) >= 11 is 1.75. The summed E-state index contributed by atoms with van der Waals surface area (Å²) < 4.78 is 0. The zero-order valence-electron chi connectivity index (χ0n) is 9.30. The summed E-state index contributed by atoms with van der Waals surface area (Å²) in [7, 11) is 0. The monoisotopic (exact) mass is 226 g/mol. The first kappa shape index (κ1) is 12.2. The number of hydrogen-bond donors (Lipinski definition) is 2. The van der Waals surface area contributed by atoms with E-state index in [-0.39, 0.29) is 5.91 Å². The number of carbonyl (C=O) groups is 1. The maximum Gasteiger partial charge on any atom is 0.233 e. The molecule has 0 saturated carbocycles. The molecule has 0 aromatic carbocycles. The van der Waals surface area contributed by atoms with Crippen molar-refractivity contribution in [2.75, 3.05) is 19.6 Å².